The average molecular weight is 288 g/mol. The predicted octanol–water partition coefficient (Wildman–Crippen LogP) is 2.30. The lowest BCUT2D eigenvalue weighted by Gasteiger charge is -2.12. The van der Waals surface area contributed by atoms with Gasteiger partial charge in [-0.15, -0.1) is 0 Å². The van der Waals surface area contributed by atoms with Gasteiger partial charge in [0, 0.05) is 5.02 Å². The SMILES string of the molecule is CC(C)OC(=O)COc1cc(Cl)ccc1C(N)=S. The molecule has 0 saturated heterocycles. The summed E-state index contributed by atoms with van der Waals surface area (Å²) >= 11 is 10.7. The Bertz CT molecular complexity index is 463. The summed E-state index contributed by atoms with van der Waals surface area (Å²) in [5.41, 5.74) is 6.08. The van der Waals surface area contributed by atoms with Crippen LogP contribution in [0.1, 0.15) is 19.4 Å². The molecule has 0 atom stereocenters. The first-order valence-electron chi connectivity index (χ1n) is 5.31. The molecule has 0 spiro atoms. The molecule has 0 bridgehead atoms. The van der Waals surface area contributed by atoms with Crippen molar-refractivity contribution in [3.05, 3.63) is 28.8 Å². The van der Waals surface area contributed by atoms with E-state index in [9.17, 15) is 4.79 Å². The highest BCUT2D eigenvalue weighted by atomic mass is 35.5. The number of benzene rings is 1. The van der Waals surface area contributed by atoms with E-state index in [0.717, 1.165) is 0 Å². The van der Waals surface area contributed by atoms with E-state index in [2.05, 4.69) is 0 Å². The zero-order chi connectivity index (χ0) is 13.7. The quantitative estimate of drug-likeness (QED) is 0.665. The fourth-order valence-electron chi connectivity index (χ4n) is 1.25. The van der Waals surface area contributed by atoms with Crippen molar-refractivity contribution in [3.8, 4) is 5.75 Å². The second kappa shape index (κ2) is 6.56. The Hall–Kier alpha value is -1.33. The summed E-state index contributed by atoms with van der Waals surface area (Å²) in [6.45, 7) is 3.31. The smallest absolute Gasteiger partial charge is 0.344 e. The molecule has 18 heavy (non-hydrogen) atoms. The zero-order valence-corrected chi connectivity index (χ0v) is 11.7. The molecule has 4 nitrogen and oxygen atoms in total. The molecule has 0 amide bonds. The average Bonchev–Trinajstić information content (AvgIpc) is 2.25. The second-order valence-electron chi connectivity index (χ2n) is 3.83. The Morgan fingerprint density at radius 2 is 2.17 bits per heavy atom. The van der Waals surface area contributed by atoms with Crippen LogP contribution in [0, 0.1) is 0 Å². The molecule has 98 valence electrons. The van der Waals surface area contributed by atoms with Gasteiger partial charge in [-0.05, 0) is 32.0 Å². The lowest BCUT2D eigenvalue weighted by atomic mass is 10.2. The topological polar surface area (TPSA) is 61.5 Å². The zero-order valence-electron chi connectivity index (χ0n) is 10.1. The van der Waals surface area contributed by atoms with Gasteiger partial charge in [0.15, 0.2) is 6.61 Å². The number of carbonyl (C=O) groups excluding carboxylic acids is 1. The molecule has 1 aromatic carbocycles. The number of thiocarbonyl (C=S) groups is 1. The van der Waals surface area contributed by atoms with Crippen LogP contribution in [-0.2, 0) is 9.53 Å². The lowest BCUT2D eigenvalue weighted by Crippen LogP contribution is -2.20. The summed E-state index contributed by atoms with van der Waals surface area (Å²) in [6, 6.07) is 4.85. The molecular formula is C12H14ClNO3S. The maximum atomic E-state index is 11.3. The highest BCUT2D eigenvalue weighted by Crippen LogP contribution is 2.23. The molecule has 0 saturated carbocycles. The molecule has 1 aromatic rings. The third-order valence-electron chi connectivity index (χ3n) is 1.92. The van der Waals surface area contributed by atoms with Crippen LogP contribution in [0.3, 0.4) is 0 Å². The standard InChI is InChI=1S/C12H14ClNO3S/c1-7(2)17-11(15)6-16-10-5-8(13)3-4-9(10)12(14)18/h3-5,7H,6H2,1-2H3,(H2,14,18). The highest BCUT2D eigenvalue weighted by Gasteiger charge is 2.11. The monoisotopic (exact) mass is 287 g/mol. The Morgan fingerprint density at radius 1 is 1.50 bits per heavy atom. The molecule has 0 fully saturated rings. The van der Waals surface area contributed by atoms with Crippen LogP contribution in [0.4, 0.5) is 0 Å². The van der Waals surface area contributed by atoms with Crippen LogP contribution in [-0.4, -0.2) is 23.7 Å². The first-order chi connectivity index (χ1) is 8.40. The first kappa shape index (κ1) is 14.7. The van der Waals surface area contributed by atoms with Crippen molar-refractivity contribution in [2.75, 3.05) is 6.61 Å². The van der Waals surface area contributed by atoms with Crippen LogP contribution < -0.4 is 10.5 Å². The van der Waals surface area contributed by atoms with E-state index in [1.807, 2.05) is 0 Å². The molecule has 1 rings (SSSR count). The van der Waals surface area contributed by atoms with Crippen LogP contribution in [0.25, 0.3) is 0 Å². The molecule has 0 aliphatic carbocycles. The molecule has 0 aliphatic heterocycles. The molecule has 0 aromatic heterocycles. The van der Waals surface area contributed by atoms with Gasteiger partial charge < -0.3 is 15.2 Å². The molecule has 0 heterocycles. The van der Waals surface area contributed by atoms with Gasteiger partial charge in [-0.2, -0.15) is 0 Å². The minimum atomic E-state index is -0.459. The van der Waals surface area contributed by atoms with Crippen LogP contribution >= 0.6 is 23.8 Å². The van der Waals surface area contributed by atoms with E-state index in [-0.39, 0.29) is 17.7 Å². The third kappa shape index (κ3) is 4.50. The molecular weight excluding hydrogens is 274 g/mol. The minimum Gasteiger partial charge on any atom is -0.481 e. The van der Waals surface area contributed by atoms with Crippen molar-refractivity contribution in [3.63, 3.8) is 0 Å². The number of nitrogens with two attached hydrogens (primary N) is 1. The van der Waals surface area contributed by atoms with Crippen molar-refractivity contribution in [2.45, 2.75) is 20.0 Å². The van der Waals surface area contributed by atoms with Crippen molar-refractivity contribution in [2.24, 2.45) is 5.73 Å². The number of ether oxygens (including phenoxy) is 2. The molecule has 6 heteroatoms. The van der Waals surface area contributed by atoms with Crippen LogP contribution in [0.2, 0.25) is 5.02 Å². The summed E-state index contributed by atoms with van der Waals surface area (Å²) in [5, 5.41) is 0.474. The maximum absolute atomic E-state index is 11.3. The molecule has 0 radical (unpaired) electrons. The van der Waals surface area contributed by atoms with Gasteiger partial charge in [0.1, 0.15) is 10.7 Å². The highest BCUT2D eigenvalue weighted by molar-refractivity contribution is 7.80. The van der Waals surface area contributed by atoms with Crippen molar-refractivity contribution in [1.82, 2.24) is 0 Å². The Kier molecular flexibility index (Phi) is 5.37. The van der Waals surface area contributed by atoms with Gasteiger partial charge in [-0.3, -0.25) is 0 Å². The van der Waals surface area contributed by atoms with E-state index in [1.165, 1.54) is 0 Å². The van der Waals surface area contributed by atoms with Gasteiger partial charge in [0.25, 0.3) is 0 Å². The van der Waals surface area contributed by atoms with Crippen LogP contribution in [0.5, 0.6) is 5.75 Å². The summed E-state index contributed by atoms with van der Waals surface area (Å²) in [7, 11) is 0. The third-order valence-corrected chi connectivity index (χ3v) is 2.38. The second-order valence-corrected chi connectivity index (χ2v) is 4.71. The Labute approximate surface area is 116 Å². The van der Waals surface area contributed by atoms with Gasteiger partial charge in [-0.25, -0.2) is 4.79 Å². The normalized spacial score (nSPS) is 10.2. The largest absolute Gasteiger partial charge is 0.481 e. The van der Waals surface area contributed by atoms with E-state index in [1.54, 1.807) is 32.0 Å². The van der Waals surface area contributed by atoms with Crippen molar-refractivity contribution < 1.29 is 14.3 Å². The minimum absolute atomic E-state index is 0.180. The fourth-order valence-corrected chi connectivity index (χ4v) is 1.58. The van der Waals surface area contributed by atoms with Gasteiger partial charge in [-0.1, -0.05) is 23.8 Å². The van der Waals surface area contributed by atoms with E-state index < -0.39 is 5.97 Å². The van der Waals surface area contributed by atoms with Crippen LogP contribution in [0.15, 0.2) is 18.2 Å². The number of rotatable bonds is 5. The summed E-state index contributed by atoms with van der Waals surface area (Å²) in [6.07, 6.45) is -0.185. The first-order valence-corrected chi connectivity index (χ1v) is 6.10. The lowest BCUT2D eigenvalue weighted by molar-refractivity contribution is -0.149. The molecule has 2 N–H and O–H groups in total. The number of esters is 1. The summed E-state index contributed by atoms with van der Waals surface area (Å²) < 4.78 is 10.3. The Balaban J connectivity index is 2.74. The number of hydrogen-bond donors (Lipinski definition) is 1. The summed E-state index contributed by atoms with van der Waals surface area (Å²) in [4.78, 5) is 11.5. The maximum Gasteiger partial charge on any atom is 0.344 e. The number of halogens is 1. The van der Waals surface area contributed by atoms with E-state index in [4.69, 9.17) is 39.0 Å². The predicted molar refractivity (Wildman–Crippen MR) is 74.1 cm³/mol. The number of hydrogen-bond acceptors (Lipinski definition) is 4. The fraction of sp³-hybridized carbons (Fsp3) is 0.333. The van der Waals surface area contributed by atoms with Crippen molar-refractivity contribution >= 4 is 34.8 Å². The van der Waals surface area contributed by atoms with Gasteiger partial charge in [0.05, 0.1) is 11.7 Å². The van der Waals surface area contributed by atoms with E-state index >= 15 is 0 Å². The summed E-state index contributed by atoms with van der Waals surface area (Å²) in [5.74, 6) is -0.0884. The Morgan fingerprint density at radius 3 is 2.72 bits per heavy atom. The van der Waals surface area contributed by atoms with Crippen molar-refractivity contribution in [1.29, 1.82) is 0 Å². The van der Waals surface area contributed by atoms with E-state index in [0.29, 0.717) is 16.3 Å². The molecule has 0 aliphatic rings. The molecule has 0 unspecified atom stereocenters. The number of carbonyl (C=O) groups is 1. The van der Waals surface area contributed by atoms with Gasteiger partial charge >= 0.3 is 5.97 Å². The van der Waals surface area contributed by atoms with Gasteiger partial charge in [0.2, 0.25) is 0 Å².